The topological polar surface area (TPSA) is 49.3 Å². The van der Waals surface area contributed by atoms with Gasteiger partial charge in [0.25, 0.3) is 5.91 Å². The second-order valence-corrected chi connectivity index (χ2v) is 5.33. The lowest BCUT2D eigenvalue weighted by Crippen LogP contribution is -2.48. The zero-order chi connectivity index (χ0) is 14.3. The van der Waals surface area contributed by atoms with Crippen molar-refractivity contribution in [3.05, 3.63) is 35.4 Å². The van der Waals surface area contributed by atoms with Crippen molar-refractivity contribution >= 4 is 5.91 Å². The lowest BCUT2D eigenvalue weighted by molar-refractivity contribution is 0.0847. The molecule has 106 valence electrons. The Morgan fingerprint density at radius 2 is 1.89 bits per heavy atom. The van der Waals surface area contributed by atoms with Gasteiger partial charge in [-0.3, -0.25) is 4.79 Å². The number of hydrogen-bond donors (Lipinski definition) is 2. The normalized spacial score (nSPS) is 13.9. The van der Waals surface area contributed by atoms with Gasteiger partial charge in [-0.05, 0) is 43.9 Å². The number of aryl methyl sites for hydroxylation is 1. The molecule has 19 heavy (non-hydrogen) atoms. The number of nitrogens with one attached hydrogen (secondary N) is 1. The summed E-state index contributed by atoms with van der Waals surface area (Å²) in [6, 6.07) is 7.72. The van der Waals surface area contributed by atoms with Crippen molar-refractivity contribution in [3.8, 4) is 0 Å². The molecule has 3 nitrogen and oxygen atoms in total. The number of carbonyl (C=O) groups excluding carboxylic acids is 1. The Kier molecular flexibility index (Phi) is 6.03. The van der Waals surface area contributed by atoms with Crippen molar-refractivity contribution in [1.82, 2.24) is 5.32 Å². The SMILES string of the molecule is CCCCc1ccc(C(=O)NC(C)(CC)CO)cc1. The van der Waals surface area contributed by atoms with Gasteiger partial charge in [0.1, 0.15) is 0 Å². The quantitative estimate of drug-likeness (QED) is 0.794. The Hall–Kier alpha value is -1.35. The molecule has 0 heterocycles. The van der Waals surface area contributed by atoms with E-state index in [2.05, 4.69) is 12.2 Å². The van der Waals surface area contributed by atoms with Crippen molar-refractivity contribution in [2.45, 2.75) is 52.0 Å². The van der Waals surface area contributed by atoms with E-state index in [-0.39, 0.29) is 12.5 Å². The van der Waals surface area contributed by atoms with E-state index < -0.39 is 5.54 Å². The second kappa shape index (κ2) is 7.29. The van der Waals surface area contributed by atoms with Crippen molar-refractivity contribution in [1.29, 1.82) is 0 Å². The highest BCUT2D eigenvalue weighted by atomic mass is 16.3. The van der Waals surface area contributed by atoms with Gasteiger partial charge in [0.2, 0.25) is 0 Å². The first-order chi connectivity index (χ1) is 9.04. The maximum atomic E-state index is 12.1. The lowest BCUT2D eigenvalue weighted by atomic mass is 9.99. The fourth-order valence-electron chi connectivity index (χ4n) is 1.79. The Bertz CT molecular complexity index is 394. The van der Waals surface area contributed by atoms with E-state index in [1.165, 1.54) is 18.4 Å². The number of unbranched alkanes of at least 4 members (excludes halogenated alkanes) is 1. The van der Waals surface area contributed by atoms with Crippen molar-refractivity contribution in [2.75, 3.05) is 6.61 Å². The van der Waals surface area contributed by atoms with Crippen LogP contribution in [0.3, 0.4) is 0 Å². The van der Waals surface area contributed by atoms with E-state index in [9.17, 15) is 9.90 Å². The van der Waals surface area contributed by atoms with Crippen LogP contribution in [0.25, 0.3) is 0 Å². The van der Waals surface area contributed by atoms with E-state index in [1.54, 1.807) is 0 Å². The minimum atomic E-state index is -0.544. The van der Waals surface area contributed by atoms with Gasteiger partial charge in [-0.25, -0.2) is 0 Å². The number of benzene rings is 1. The van der Waals surface area contributed by atoms with Crippen molar-refractivity contribution < 1.29 is 9.90 Å². The standard InChI is InChI=1S/C16H25NO2/c1-4-6-7-13-8-10-14(11-9-13)15(19)17-16(3,5-2)12-18/h8-11,18H,4-7,12H2,1-3H3,(H,17,19). The molecule has 1 aromatic carbocycles. The minimum Gasteiger partial charge on any atom is -0.394 e. The zero-order valence-corrected chi connectivity index (χ0v) is 12.2. The summed E-state index contributed by atoms with van der Waals surface area (Å²) < 4.78 is 0. The third-order valence-electron chi connectivity index (χ3n) is 3.58. The maximum absolute atomic E-state index is 12.1. The molecule has 3 heteroatoms. The summed E-state index contributed by atoms with van der Waals surface area (Å²) in [6.45, 7) is 5.91. The fraction of sp³-hybridized carbons (Fsp3) is 0.562. The van der Waals surface area contributed by atoms with Gasteiger partial charge in [-0.15, -0.1) is 0 Å². The number of amides is 1. The van der Waals surface area contributed by atoms with Crippen LogP contribution >= 0.6 is 0 Å². The maximum Gasteiger partial charge on any atom is 0.251 e. The van der Waals surface area contributed by atoms with Gasteiger partial charge in [-0.2, -0.15) is 0 Å². The van der Waals surface area contributed by atoms with E-state index in [0.29, 0.717) is 12.0 Å². The molecule has 0 aromatic heterocycles. The van der Waals surface area contributed by atoms with Crippen LogP contribution in [0.2, 0.25) is 0 Å². The van der Waals surface area contributed by atoms with E-state index in [1.807, 2.05) is 38.1 Å². The first-order valence-corrected chi connectivity index (χ1v) is 7.07. The Morgan fingerprint density at radius 3 is 2.37 bits per heavy atom. The summed E-state index contributed by atoms with van der Waals surface area (Å²) in [5.41, 5.74) is 1.37. The third-order valence-corrected chi connectivity index (χ3v) is 3.58. The Morgan fingerprint density at radius 1 is 1.26 bits per heavy atom. The molecule has 0 fully saturated rings. The molecule has 0 aliphatic heterocycles. The zero-order valence-electron chi connectivity index (χ0n) is 12.2. The number of carbonyl (C=O) groups is 1. The molecular formula is C16H25NO2. The minimum absolute atomic E-state index is 0.0518. The molecule has 0 radical (unpaired) electrons. The summed E-state index contributed by atoms with van der Waals surface area (Å²) in [4.78, 5) is 12.1. The first-order valence-electron chi connectivity index (χ1n) is 7.07. The molecular weight excluding hydrogens is 238 g/mol. The van der Waals surface area contributed by atoms with Crippen LogP contribution < -0.4 is 5.32 Å². The van der Waals surface area contributed by atoms with E-state index >= 15 is 0 Å². The van der Waals surface area contributed by atoms with Gasteiger partial charge in [0.15, 0.2) is 0 Å². The number of hydrogen-bond acceptors (Lipinski definition) is 2. The Balaban J connectivity index is 2.67. The van der Waals surface area contributed by atoms with Crippen LogP contribution in [0.5, 0.6) is 0 Å². The molecule has 0 saturated carbocycles. The largest absolute Gasteiger partial charge is 0.394 e. The highest BCUT2D eigenvalue weighted by Gasteiger charge is 2.23. The van der Waals surface area contributed by atoms with Crippen LogP contribution in [0, 0.1) is 0 Å². The van der Waals surface area contributed by atoms with Crippen molar-refractivity contribution in [2.24, 2.45) is 0 Å². The summed E-state index contributed by atoms with van der Waals surface area (Å²) in [7, 11) is 0. The molecule has 1 aromatic rings. The summed E-state index contributed by atoms with van der Waals surface area (Å²) >= 11 is 0. The summed E-state index contributed by atoms with van der Waals surface area (Å²) in [6.07, 6.45) is 4.10. The van der Waals surface area contributed by atoms with Gasteiger partial charge in [-0.1, -0.05) is 32.4 Å². The monoisotopic (exact) mass is 263 g/mol. The van der Waals surface area contributed by atoms with Gasteiger partial charge in [0, 0.05) is 5.56 Å². The molecule has 0 saturated heterocycles. The molecule has 0 aliphatic carbocycles. The molecule has 0 aliphatic rings. The average molecular weight is 263 g/mol. The van der Waals surface area contributed by atoms with Crippen molar-refractivity contribution in [3.63, 3.8) is 0 Å². The van der Waals surface area contributed by atoms with Crippen LogP contribution in [0.15, 0.2) is 24.3 Å². The number of aliphatic hydroxyl groups excluding tert-OH is 1. The van der Waals surface area contributed by atoms with Crippen LogP contribution in [0.1, 0.15) is 56.0 Å². The van der Waals surface area contributed by atoms with Gasteiger partial charge >= 0.3 is 0 Å². The van der Waals surface area contributed by atoms with Crippen LogP contribution in [-0.2, 0) is 6.42 Å². The molecule has 1 unspecified atom stereocenters. The molecule has 0 spiro atoms. The number of rotatable bonds is 7. The summed E-state index contributed by atoms with van der Waals surface area (Å²) in [5, 5.41) is 12.2. The predicted molar refractivity (Wildman–Crippen MR) is 78.3 cm³/mol. The molecule has 1 amide bonds. The Labute approximate surface area is 116 Å². The lowest BCUT2D eigenvalue weighted by Gasteiger charge is -2.27. The second-order valence-electron chi connectivity index (χ2n) is 5.33. The molecule has 0 bridgehead atoms. The molecule has 1 atom stereocenters. The van der Waals surface area contributed by atoms with E-state index in [0.717, 1.165) is 6.42 Å². The van der Waals surface area contributed by atoms with Crippen LogP contribution in [0.4, 0.5) is 0 Å². The number of aliphatic hydroxyl groups is 1. The highest BCUT2D eigenvalue weighted by molar-refractivity contribution is 5.94. The predicted octanol–water partition coefficient (Wildman–Crippen LogP) is 2.92. The van der Waals surface area contributed by atoms with E-state index in [4.69, 9.17) is 0 Å². The highest BCUT2D eigenvalue weighted by Crippen LogP contribution is 2.12. The third kappa shape index (κ3) is 4.67. The smallest absolute Gasteiger partial charge is 0.251 e. The van der Waals surface area contributed by atoms with Crippen LogP contribution in [-0.4, -0.2) is 23.2 Å². The first kappa shape index (κ1) is 15.7. The fourth-order valence-corrected chi connectivity index (χ4v) is 1.79. The molecule has 1 rings (SSSR count). The average Bonchev–Trinajstić information content (AvgIpc) is 2.45. The van der Waals surface area contributed by atoms with Gasteiger partial charge < -0.3 is 10.4 Å². The molecule has 2 N–H and O–H groups in total. The summed E-state index contributed by atoms with van der Waals surface area (Å²) in [5.74, 6) is -0.125. The van der Waals surface area contributed by atoms with Gasteiger partial charge in [0.05, 0.1) is 12.1 Å².